The number of carbonyl (C=O) groups is 2. The average molecular weight is 297 g/mol. The Labute approximate surface area is 121 Å². The van der Waals surface area contributed by atoms with Crippen molar-refractivity contribution < 1.29 is 23.5 Å². The van der Waals surface area contributed by atoms with E-state index in [-0.39, 0.29) is 24.4 Å². The van der Waals surface area contributed by atoms with Crippen LogP contribution in [0.25, 0.3) is 0 Å². The molecule has 0 saturated heterocycles. The smallest absolute Gasteiger partial charge is 0.306 e. The van der Waals surface area contributed by atoms with Crippen LogP contribution in [0.15, 0.2) is 18.2 Å². The summed E-state index contributed by atoms with van der Waals surface area (Å²) in [5.74, 6) is -3.17. The summed E-state index contributed by atoms with van der Waals surface area (Å²) in [6.07, 6.45) is 2.05. The van der Waals surface area contributed by atoms with Crippen LogP contribution in [0, 0.1) is 23.5 Å². The van der Waals surface area contributed by atoms with Crippen molar-refractivity contribution in [3.63, 3.8) is 0 Å². The highest BCUT2D eigenvalue weighted by molar-refractivity contribution is 5.78. The van der Waals surface area contributed by atoms with Gasteiger partial charge in [0.05, 0.1) is 12.3 Å². The molecule has 0 spiro atoms. The third-order valence-electron chi connectivity index (χ3n) is 3.90. The molecule has 1 amide bonds. The Morgan fingerprint density at radius 2 is 2.05 bits per heavy atom. The van der Waals surface area contributed by atoms with Gasteiger partial charge in [-0.15, -0.1) is 0 Å². The Balaban J connectivity index is 1.86. The minimum atomic E-state index is -0.837. The topological polar surface area (TPSA) is 66.4 Å². The van der Waals surface area contributed by atoms with E-state index in [1.807, 2.05) is 0 Å². The van der Waals surface area contributed by atoms with E-state index < -0.39 is 29.4 Å². The van der Waals surface area contributed by atoms with Gasteiger partial charge in [0.1, 0.15) is 11.6 Å². The van der Waals surface area contributed by atoms with Crippen LogP contribution in [-0.2, 0) is 16.0 Å². The quantitative estimate of drug-likeness (QED) is 0.875. The van der Waals surface area contributed by atoms with E-state index in [1.165, 1.54) is 6.07 Å². The molecule has 6 heteroatoms. The summed E-state index contributed by atoms with van der Waals surface area (Å²) >= 11 is 0. The zero-order valence-corrected chi connectivity index (χ0v) is 11.4. The van der Waals surface area contributed by atoms with Crippen molar-refractivity contribution in [3.05, 3.63) is 35.4 Å². The normalized spacial score (nSPS) is 21.2. The number of hydrogen-bond acceptors (Lipinski definition) is 2. The molecule has 0 radical (unpaired) electrons. The van der Waals surface area contributed by atoms with Crippen molar-refractivity contribution in [1.82, 2.24) is 5.32 Å². The maximum Gasteiger partial charge on any atom is 0.306 e. The Bertz CT molecular complexity index is 548. The summed E-state index contributed by atoms with van der Waals surface area (Å²) < 4.78 is 26.2. The first-order valence-corrected chi connectivity index (χ1v) is 6.91. The number of benzene rings is 1. The lowest BCUT2D eigenvalue weighted by molar-refractivity contribution is -0.143. The molecule has 0 bridgehead atoms. The summed E-state index contributed by atoms with van der Waals surface area (Å²) in [7, 11) is 0. The molecule has 4 nitrogen and oxygen atoms in total. The number of rotatable bonds is 5. The predicted molar refractivity (Wildman–Crippen MR) is 71.5 cm³/mol. The summed E-state index contributed by atoms with van der Waals surface area (Å²) in [5, 5.41) is 11.7. The number of carboxylic acids is 1. The van der Waals surface area contributed by atoms with E-state index in [2.05, 4.69) is 5.32 Å². The Hall–Kier alpha value is -1.98. The molecule has 114 valence electrons. The largest absolute Gasteiger partial charge is 0.481 e. The molecule has 21 heavy (non-hydrogen) atoms. The number of amides is 1. The second kappa shape index (κ2) is 6.65. The van der Waals surface area contributed by atoms with Crippen LogP contribution in [0.2, 0.25) is 0 Å². The van der Waals surface area contributed by atoms with Crippen LogP contribution < -0.4 is 5.32 Å². The van der Waals surface area contributed by atoms with Gasteiger partial charge in [-0.05, 0) is 30.4 Å². The lowest BCUT2D eigenvalue weighted by Crippen LogP contribution is -2.34. The highest BCUT2D eigenvalue weighted by Crippen LogP contribution is 2.31. The van der Waals surface area contributed by atoms with Crippen molar-refractivity contribution in [2.75, 3.05) is 6.54 Å². The molecule has 1 saturated carbocycles. The van der Waals surface area contributed by atoms with Crippen LogP contribution in [0.1, 0.15) is 24.8 Å². The molecule has 1 fully saturated rings. The van der Waals surface area contributed by atoms with Gasteiger partial charge in [0, 0.05) is 12.6 Å². The van der Waals surface area contributed by atoms with E-state index in [0.717, 1.165) is 25.0 Å². The van der Waals surface area contributed by atoms with Crippen LogP contribution in [0.3, 0.4) is 0 Å². The third kappa shape index (κ3) is 4.00. The van der Waals surface area contributed by atoms with Gasteiger partial charge in [0.2, 0.25) is 5.91 Å². The zero-order chi connectivity index (χ0) is 15.4. The first kappa shape index (κ1) is 15.4. The summed E-state index contributed by atoms with van der Waals surface area (Å²) in [5.41, 5.74) is 0.120. The van der Waals surface area contributed by atoms with Gasteiger partial charge >= 0.3 is 5.97 Å². The van der Waals surface area contributed by atoms with E-state index in [9.17, 15) is 18.4 Å². The van der Waals surface area contributed by atoms with E-state index >= 15 is 0 Å². The molecule has 2 unspecified atom stereocenters. The highest BCUT2D eigenvalue weighted by Gasteiger charge is 2.32. The number of halogens is 2. The fraction of sp³-hybridized carbons (Fsp3) is 0.467. The monoisotopic (exact) mass is 297 g/mol. The van der Waals surface area contributed by atoms with E-state index in [4.69, 9.17) is 5.11 Å². The number of hydrogen-bond donors (Lipinski definition) is 2. The predicted octanol–water partition coefficient (Wildman–Crippen LogP) is 2.12. The highest BCUT2D eigenvalue weighted by atomic mass is 19.1. The standard InChI is InChI=1S/C15H17F2NO3/c16-11-5-4-9(13(17)7-11)6-14(19)18-8-10-2-1-3-12(10)15(20)21/h4-5,7,10,12H,1-3,6,8H2,(H,18,19)(H,20,21). The number of carbonyl (C=O) groups excluding carboxylic acids is 1. The van der Waals surface area contributed by atoms with Gasteiger partial charge < -0.3 is 10.4 Å². The van der Waals surface area contributed by atoms with Gasteiger partial charge in [-0.25, -0.2) is 8.78 Å². The molecule has 1 aromatic carbocycles. The van der Waals surface area contributed by atoms with Crippen molar-refractivity contribution in [3.8, 4) is 0 Å². The minimum Gasteiger partial charge on any atom is -0.481 e. The van der Waals surface area contributed by atoms with Crippen molar-refractivity contribution in [2.24, 2.45) is 11.8 Å². The fourth-order valence-corrected chi connectivity index (χ4v) is 2.75. The van der Waals surface area contributed by atoms with Gasteiger partial charge in [-0.1, -0.05) is 12.5 Å². The fourth-order valence-electron chi connectivity index (χ4n) is 2.75. The van der Waals surface area contributed by atoms with Crippen LogP contribution in [0.5, 0.6) is 0 Å². The molecular formula is C15H17F2NO3. The maximum atomic E-state index is 13.4. The molecular weight excluding hydrogens is 280 g/mol. The Morgan fingerprint density at radius 1 is 1.29 bits per heavy atom. The molecule has 0 aromatic heterocycles. The minimum absolute atomic E-state index is 0.0792. The number of aliphatic carboxylic acids is 1. The van der Waals surface area contributed by atoms with E-state index in [1.54, 1.807) is 0 Å². The molecule has 0 heterocycles. The van der Waals surface area contributed by atoms with Crippen LogP contribution in [0.4, 0.5) is 8.78 Å². The second-order valence-corrected chi connectivity index (χ2v) is 5.35. The van der Waals surface area contributed by atoms with Gasteiger partial charge in [-0.2, -0.15) is 0 Å². The Morgan fingerprint density at radius 3 is 2.71 bits per heavy atom. The van der Waals surface area contributed by atoms with Crippen molar-refractivity contribution in [1.29, 1.82) is 0 Å². The average Bonchev–Trinajstić information content (AvgIpc) is 2.88. The van der Waals surface area contributed by atoms with Crippen molar-refractivity contribution in [2.45, 2.75) is 25.7 Å². The third-order valence-corrected chi connectivity index (χ3v) is 3.90. The van der Waals surface area contributed by atoms with Crippen LogP contribution >= 0.6 is 0 Å². The Kier molecular flexibility index (Phi) is 4.88. The van der Waals surface area contributed by atoms with Gasteiger partial charge in [0.15, 0.2) is 0 Å². The van der Waals surface area contributed by atoms with Crippen molar-refractivity contribution >= 4 is 11.9 Å². The molecule has 2 rings (SSSR count). The van der Waals surface area contributed by atoms with E-state index in [0.29, 0.717) is 6.42 Å². The molecule has 1 aromatic rings. The lowest BCUT2D eigenvalue weighted by atomic mass is 9.96. The maximum absolute atomic E-state index is 13.4. The molecule has 1 aliphatic rings. The first-order valence-electron chi connectivity index (χ1n) is 6.91. The zero-order valence-electron chi connectivity index (χ0n) is 11.4. The first-order chi connectivity index (χ1) is 9.97. The van der Waals surface area contributed by atoms with Crippen LogP contribution in [-0.4, -0.2) is 23.5 Å². The lowest BCUT2D eigenvalue weighted by Gasteiger charge is -2.16. The number of nitrogens with one attached hydrogen (secondary N) is 1. The summed E-state index contributed by atoms with van der Waals surface area (Å²) in [6.45, 7) is 0.276. The van der Waals surface area contributed by atoms with Gasteiger partial charge in [-0.3, -0.25) is 9.59 Å². The molecule has 2 N–H and O–H groups in total. The summed E-state index contributed by atoms with van der Waals surface area (Å²) in [4.78, 5) is 22.8. The SMILES string of the molecule is O=C(Cc1ccc(F)cc1F)NCC1CCCC1C(=O)O. The summed E-state index contributed by atoms with van der Waals surface area (Å²) in [6, 6.07) is 3.07. The second-order valence-electron chi connectivity index (χ2n) is 5.35. The van der Waals surface area contributed by atoms with Gasteiger partial charge in [0.25, 0.3) is 0 Å². The number of carboxylic acid groups (broad SMARTS) is 1. The molecule has 1 aliphatic carbocycles. The molecule has 2 atom stereocenters. The molecule has 0 aliphatic heterocycles.